The van der Waals surface area contributed by atoms with E-state index in [4.69, 9.17) is 14.3 Å². The topological polar surface area (TPSA) is 93.8 Å². The van der Waals surface area contributed by atoms with E-state index in [-0.39, 0.29) is 32.9 Å². The average Bonchev–Trinajstić information content (AvgIpc) is 2.62. The van der Waals surface area contributed by atoms with Gasteiger partial charge in [-0.05, 0) is 30.7 Å². The van der Waals surface area contributed by atoms with E-state index < -0.39 is 16.8 Å². The zero-order valence-corrected chi connectivity index (χ0v) is 15.2. The van der Waals surface area contributed by atoms with Crippen LogP contribution in [0.2, 0.25) is 0 Å². The Kier molecular flexibility index (Phi) is 5.08. The maximum atomic E-state index is 12.9. The molecule has 0 spiro atoms. The number of rotatable bonds is 6. The van der Waals surface area contributed by atoms with Crippen molar-refractivity contribution in [3.63, 3.8) is 0 Å². The van der Waals surface area contributed by atoms with Crippen molar-refractivity contribution < 1.29 is 23.3 Å². The molecule has 0 saturated heterocycles. The SMILES string of the molecule is CCCCOc1cc(S(C)=O)cc2c(=O)c3cc(C(=O)O)ccc3oc12. The first-order valence-electron chi connectivity index (χ1n) is 8.16. The summed E-state index contributed by atoms with van der Waals surface area (Å²) in [7, 11) is -1.31. The first kappa shape index (κ1) is 18.1. The van der Waals surface area contributed by atoms with Gasteiger partial charge in [0.15, 0.2) is 11.3 Å². The summed E-state index contributed by atoms with van der Waals surface area (Å²) >= 11 is 0. The fourth-order valence-corrected chi connectivity index (χ4v) is 3.19. The number of hydrogen-bond acceptors (Lipinski definition) is 5. The molecule has 1 unspecified atom stereocenters. The van der Waals surface area contributed by atoms with Crippen molar-refractivity contribution in [3.05, 3.63) is 46.1 Å². The van der Waals surface area contributed by atoms with Crippen molar-refractivity contribution in [3.8, 4) is 5.75 Å². The van der Waals surface area contributed by atoms with Gasteiger partial charge in [0.1, 0.15) is 5.58 Å². The highest BCUT2D eigenvalue weighted by atomic mass is 32.2. The van der Waals surface area contributed by atoms with Gasteiger partial charge in [-0.1, -0.05) is 13.3 Å². The summed E-state index contributed by atoms with van der Waals surface area (Å²) in [5.74, 6) is -0.763. The first-order chi connectivity index (χ1) is 12.4. The summed E-state index contributed by atoms with van der Waals surface area (Å²) in [6.07, 6.45) is 3.30. The summed E-state index contributed by atoms with van der Waals surface area (Å²) in [5.41, 5.74) is 0.171. The van der Waals surface area contributed by atoms with Gasteiger partial charge in [0.2, 0.25) is 5.43 Å². The summed E-state index contributed by atoms with van der Waals surface area (Å²) in [6, 6.07) is 7.26. The molecule has 2 aromatic carbocycles. The average molecular weight is 374 g/mol. The molecule has 26 heavy (non-hydrogen) atoms. The molecular weight excluding hydrogens is 356 g/mol. The third-order valence-corrected chi connectivity index (χ3v) is 4.94. The molecule has 1 atom stereocenters. The summed E-state index contributed by atoms with van der Waals surface area (Å²) in [4.78, 5) is 24.5. The molecule has 0 aliphatic carbocycles. The molecule has 0 aliphatic heterocycles. The number of carbonyl (C=O) groups is 1. The Balaban J connectivity index is 2.31. The Bertz CT molecular complexity index is 1080. The molecule has 0 fully saturated rings. The van der Waals surface area contributed by atoms with Gasteiger partial charge in [0, 0.05) is 28.0 Å². The standard InChI is InChI=1S/C19H18O6S/c1-3-4-7-24-16-10-12(26(2)23)9-14-17(20)13-8-11(19(21)22)5-6-15(13)25-18(14)16/h5-6,8-10H,3-4,7H2,1-2H3,(H,21,22). The van der Waals surface area contributed by atoms with E-state index in [1.54, 1.807) is 6.07 Å². The Labute approximate surface area is 151 Å². The molecule has 136 valence electrons. The van der Waals surface area contributed by atoms with E-state index in [1.807, 2.05) is 6.92 Å². The third-order valence-electron chi connectivity index (χ3n) is 4.04. The lowest BCUT2D eigenvalue weighted by Gasteiger charge is -2.11. The normalized spacial score (nSPS) is 12.4. The van der Waals surface area contributed by atoms with E-state index in [2.05, 4.69) is 0 Å². The quantitative estimate of drug-likeness (QED) is 0.524. The minimum atomic E-state index is -1.31. The molecule has 1 heterocycles. The van der Waals surface area contributed by atoms with Gasteiger partial charge in [0.25, 0.3) is 0 Å². The molecule has 0 radical (unpaired) electrons. The van der Waals surface area contributed by atoms with E-state index in [9.17, 15) is 13.8 Å². The van der Waals surface area contributed by atoms with Crippen molar-refractivity contribution in [1.29, 1.82) is 0 Å². The fourth-order valence-electron chi connectivity index (χ4n) is 2.64. The number of benzene rings is 2. The monoisotopic (exact) mass is 374 g/mol. The van der Waals surface area contributed by atoms with Crippen LogP contribution in [0, 0.1) is 0 Å². The molecule has 0 saturated carbocycles. The van der Waals surface area contributed by atoms with Gasteiger partial charge in [-0.2, -0.15) is 0 Å². The van der Waals surface area contributed by atoms with Crippen LogP contribution in [0.4, 0.5) is 0 Å². The summed E-state index contributed by atoms with van der Waals surface area (Å²) in [5, 5.41) is 9.52. The Morgan fingerprint density at radius 3 is 2.65 bits per heavy atom. The minimum absolute atomic E-state index is 0.00112. The second-order valence-corrected chi connectivity index (χ2v) is 7.28. The van der Waals surface area contributed by atoms with Gasteiger partial charge >= 0.3 is 5.97 Å². The van der Waals surface area contributed by atoms with Gasteiger partial charge in [-0.3, -0.25) is 9.00 Å². The highest BCUT2D eigenvalue weighted by Gasteiger charge is 2.16. The van der Waals surface area contributed by atoms with Crippen LogP contribution in [0.1, 0.15) is 30.1 Å². The lowest BCUT2D eigenvalue weighted by molar-refractivity contribution is 0.0697. The van der Waals surface area contributed by atoms with E-state index >= 15 is 0 Å². The maximum absolute atomic E-state index is 12.9. The van der Waals surface area contributed by atoms with Gasteiger partial charge < -0.3 is 14.3 Å². The summed E-state index contributed by atoms with van der Waals surface area (Å²) in [6.45, 7) is 2.48. The number of fused-ring (bicyclic) bond motifs is 2. The van der Waals surface area contributed by atoms with Crippen LogP contribution in [0.15, 0.2) is 44.4 Å². The lowest BCUT2D eigenvalue weighted by Crippen LogP contribution is -2.07. The Hall–Kier alpha value is -2.67. The van der Waals surface area contributed by atoms with Crippen LogP contribution >= 0.6 is 0 Å². The number of carboxylic acids is 1. The third kappa shape index (κ3) is 3.35. The molecule has 3 rings (SSSR count). The fraction of sp³-hybridized carbons (Fsp3) is 0.263. The summed E-state index contributed by atoms with van der Waals surface area (Å²) < 4.78 is 23.5. The van der Waals surface area contributed by atoms with Crippen molar-refractivity contribution in [2.45, 2.75) is 24.7 Å². The number of aromatic carboxylic acids is 1. The molecule has 6 nitrogen and oxygen atoms in total. The van der Waals surface area contributed by atoms with Crippen LogP contribution in [-0.4, -0.2) is 28.1 Å². The molecule has 3 aromatic rings. The van der Waals surface area contributed by atoms with Crippen LogP contribution in [0.3, 0.4) is 0 Å². The van der Waals surface area contributed by atoms with Crippen molar-refractivity contribution in [1.82, 2.24) is 0 Å². The maximum Gasteiger partial charge on any atom is 0.335 e. The van der Waals surface area contributed by atoms with Crippen LogP contribution in [-0.2, 0) is 10.8 Å². The van der Waals surface area contributed by atoms with Crippen molar-refractivity contribution in [2.75, 3.05) is 12.9 Å². The second-order valence-electron chi connectivity index (χ2n) is 5.90. The first-order valence-corrected chi connectivity index (χ1v) is 9.72. The zero-order valence-electron chi connectivity index (χ0n) is 14.4. The van der Waals surface area contributed by atoms with Gasteiger partial charge in [0.05, 0.1) is 22.9 Å². The molecule has 0 aliphatic rings. The Morgan fingerprint density at radius 2 is 2.00 bits per heavy atom. The van der Waals surface area contributed by atoms with Crippen molar-refractivity contribution >= 4 is 38.7 Å². The van der Waals surface area contributed by atoms with Crippen LogP contribution < -0.4 is 10.2 Å². The molecule has 1 N–H and O–H groups in total. The smallest absolute Gasteiger partial charge is 0.335 e. The second kappa shape index (κ2) is 7.29. The zero-order chi connectivity index (χ0) is 18.8. The lowest BCUT2D eigenvalue weighted by atomic mass is 10.1. The largest absolute Gasteiger partial charge is 0.490 e. The van der Waals surface area contributed by atoms with E-state index in [0.717, 1.165) is 12.8 Å². The highest BCUT2D eigenvalue weighted by Crippen LogP contribution is 2.30. The molecule has 0 amide bonds. The number of ether oxygens (including phenoxy) is 1. The predicted molar refractivity (Wildman–Crippen MR) is 99.7 cm³/mol. The number of hydrogen-bond donors (Lipinski definition) is 1. The number of unbranched alkanes of at least 4 members (excludes halogenated alkanes) is 1. The highest BCUT2D eigenvalue weighted by molar-refractivity contribution is 7.84. The predicted octanol–water partition coefficient (Wildman–Crippen LogP) is 3.56. The van der Waals surface area contributed by atoms with Gasteiger partial charge in [-0.25, -0.2) is 4.79 Å². The van der Waals surface area contributed by atoms with Crippen molar-refractivity contribution in [2.24, 2.45) is 0 Å². The van der Waals surface area contributed by atoms with Gasteiger partial charge in [-0.15, -0.1) is 0 Å². The molecule has 0 bridgehead atoms. The molecular formula is C19H18O6S. The molecule has 1 aromatic heterocycles. The van der Waals surface area contributed by atoms with Crippen LogP contribution in [0.5, 0.6) is 5.75 Å². The number of carboxylic acid groups (broad SMARTS) is 1. The Morgan fingerprint density at radius 1 is 1.23 bits per heavy atom. The van der Waals surface area contributed by atoms with E-state index in [1.165, 1.54) is 30.5 Å². The minimum Gasteiger partial charge on any atom is -0.490 e. The van der Waals surface area contributed by atoms with Crippen LogP contribution in [0.25, 0.3) is 21.9 Å². The molecule has 7 heteroatoms. The van der Waals surface area contributed by atoms with E-state index in [0.29, 0.717) is 17.3 Å².